The van der Waals surface area contributed by atoms with Crippen LogP contribution in [-0.2, 0) is 12.8 Å². The Balaban J connectivity index is 1.72. The van der Waals surface area contributed by atoms with Crippen molar-refractivity contribution in [1.29, 1.82) is 0 Å². The van der Waals surface area contributed by atoms with Crippen molar-refractivity contribution in [2.75, 3.05) is 0 Å². The molecule has 0 saturated heterocycles. The molecule has 0 heterocycles. The largest absolute Gasteiger partial charge is 0.388 e. The van der Waals surface area contributed by atoms with Crippen molar-refractivity contribution >= 4 is 0 Å². The van der Waals surface area contributed by atoms with Crippen molar-refractivity contribution in [2.24, 2.45) is 0 Å². The minimum absolute atomic E-state index is 0.323. The van der Waals surface area contributed by atoms with E-state index in [-0.39, 0.29) is 6.10 Å². The standard InChI is InChI=1S/C20H26O/c1-2-8-17-13-15-19(16-14-17)20(21)12-7-6-11-18-9-4-3-5-10-18/h3-5,9-10,13-16,20-21H,2,6-8,11-12H2,1H3. The molecule has 0 aliphatic rings. The summed E-state index contributed by atoms with van der Waals surface area (Å²) in [5, 5.41) is 10.2. The monoisotopic (exact) mass is 282 g/mol. The molecule has 2 rings (SSSR count). The third-order valence-corrected chi connectivity index (χ3v) is 3.94. The molecule has 2 aromatic rings. The highest BCUT2D eigenvalue weighted by molar-refractivity contribution is 5.24. The van der Waals surface area contributed by atoms with Gasteiger partial charge in [-0.05, 0) is 42.4 Å². The van der Waals surface area contributed by atoms with E-state index in [1.807, 2.05) is 0 Å². The molecule has 0 aromatic heterocycles. The lowest BCUT2D eigenvalue weighted by molar-refractivity contribution is 0.163. The summed E-state index contributed by atoms with van der Waals surface area (Å²) >= 11 is 0. The first-order valence-corrected chi connectivity index (χ1v) is 8.10. The Morgan fingerprint density at radius 3 is 2.14 bits per heavy atom. The van der Waals surface area contributed by atoms with Gasteiger partial charge in [0, 0.05) is 0 Å². The van der Waals surface area contributed by atoms with Crippen molar-refractivity contribution in [3.63, 3.8) is 0 Å². The van der Waals surface area contributed by atoms with Gasteiger partial charge in [-0.15, -0.1) is 0 Å². The second kappa shape index (κ2) is 8.63. The molecule has 21 heavy (non-hydrogen) atoms. The number of rotatable bonds is 8. The first-order valence-electron chi connectivity index (χ1n) is 8.10. The number of aliphatic hydroxyl groups excluding tert-OH is 1. The SMILES string of the molecule is CCCc1ccc(C(O)CCCCc2ccccc2)cc1. The van der Waals surface area contributed by atoms with E-state index >= 15 is 0 Å². The van der Waals surface area contributed by atoms with Crippen LogP contribution in [0.1, 0.15) is 55.4 Å². The van der Waals surface area contributed by atoms with Crippen LogP contribution in [0.25, 0.3) is 0 Å². The van der Waals surface area contributed by atoms with Gasteiger partial charge in [0.2, 0.25) is 0 Å². The van der Waals surface area contributed by atoms with Crippen molar-refractivity contribution < 1.29 is 5.11 Å². The zero-order valence-electron chi connectivity index (χ0n) is 13.0. The topological polar surface area (TPSA) is 20.2 Å². The fourth-order valence-corrected chi connectivity index (χ4v) is 2.67. The van der Waals surface area contributed by atoms with Gasteiger partial charge >= 0.3 is 0 Å². The molecule has 0 aliphatic heterocycles. The first-order chi connectivity index (χ1) is 10.3. The highest BCUT2D eigenvalue weighted by Gasteiger charge is 2.07. The highest BCUT2D eigenvalue weighted by atomic mass is 16.3. The van der Waals surface area contributed by atoms with Gasteiger partial charge in [-0.1, -0.05) is 74.4 Å². The molecule has 0 fully saturated rings. The summed E-state index contributed by atoms with van der Waals surface area (Å²) in [6.45, 7) is 2.19. The minimum atomic E-state index is -0.323. The number of aliphatic hydroxyl groups is 1. The van der Waals surface area contributed by atoms with Gasteiger partial charge in [0.15, 0.2) is 0 Å². The van der Waals surface area contributed by atoms with Crippen LogP contribution in [0.3, 0.4) is 0 Å². The molecule has 1 atom stereocenters. The smallest absolute Gasteiger partial charge is 0.0790 e. The van der Waals surface area contributed by atoms with Gasteiger partial charge in [-0.25, -0.2) is 0 Å². The van der Waals surface area contributed by atoms with E-state index in [1.165, 1.54) is 17.5 Å². The molecule has 0 amide bonds. The molecule has 2 aromatic carbocycles. The summed E-state index contributed by atoms with van der Waals surface area (Å²) in [6, 6.07) is 19.0. The predicted molar refractivity (Wildman–Crippen MR) is 89.4 cm³/mol. The molecule has 0 spiro atoms. The van der Waals surface area contributed by atoms with Crippen LogP contribution < -0.4 is 0 Å². The Hall–Kier alpha value is -1.60. The Morgan fingerprint density at radius 1 is 0.810 bits per heavy atom. The van der Waals surface area contributed by atoms with Gasteiger partial charge in [0.25, 0.3) is 0 Å². The average Bonchev–Trinajstić information content (AvgIpc) is 2.53. The minimum Gasteiger partial charge on any atom is -0.388 e. The van der Waals surface area contributed by atoms with E-state index in [0.29, 0.717) is 0 Å². The first kappa shape index (κ1) is 15.8. The number of hydrogen-bond acceptors (Lipinski definition) is 1. The van der Waals surface area contributed by atoms with Gasteiger partial charge in [-0.3, -0.25) is 0 Å². The van der Waals surface area contributed by atoms with E-state index in [0.717, 1.165) is 37.7 Å². The quantitative estimate of drug-likeness (QED) is 0.669. The van der Waals surface area contributed by atoms with Crippen molar-refractivity contribution in [3.05, 3.63) is 71.3 Å². The third-order valence-electron chi connectivity index (χ3n) is 3.94. The summed E-state index contributed by atoms with van der Waals surface area (Å²) in [6.07, 6.45) is 6.11. The van der Waals surface area contributed by atoms with Crippen LogP contribution in [0.5, 0.6) is 0 Å². The zero-order valence-corrected chi connectivity index (χ0v) is 13.0. The second-order valence-electron chi connectivity index (χ2n) is 5.74. The lowest BCUT2D eigenvalue weighted by atomic mass is 9.99. The molecule has 0 radical (unpaired) electrons. The van der Waals surface area contributed by atoms with Crippen LogP contribution in [-0.4, -0.2) is 5.11 Å². The average molecular weight is 282 g/mol. The van der Waals surface area contributed by atoms with Gasteiger partial charge in [-0.2, -0.15) is 0 Å². The van der Waals surface area contributed by atoms with Crippen LogP contribution in [0.15, 0.2) is 54.6 Å². The summed E-state index contributed by atoms with van der Waals surface area (Å²) < 4.78 is 0. The van der Waals surface area contributed by atoms with Crippen molar-refractivity contribution in [1.82, 2.24) is 0 Å². The lowest BCUT2D eigenvalue weighted by Gasteiger charge is -2.11. The summed E-state index contributed by atoms with van der Waals surface area (Å²) in [5.74, 6) is 0. The number of hydrogen-bond donors (Lipinski definition) is 1. The maximum atomic E-state index is 10.2. The number of unbranched alkanes of at least 4 members (excludes halogenated alkanes) is 1. The zero-order chi connectivity index (χ0) is 14.9. The lowest BCUT2D eigenvalue weighted by Crippen LogP contribution is -1.98. The van der Waals surface area contributed by atoms with Crippen LogP contribution in [0.4, 0.5) is 0 Å². The molecule has 0 saturated carbocycles. The molecular formula is C20H26O. The maximum Gasteiger partial charge on any atom is 0.0790 e. The number of aryl methyl sites for hydroxylation is 2. The molecule has 1 unspecified atom stereocenters. The summed E-state index contributed by atoms with van der Waals surface area (Å²) in [5.41, 5.74) is 3.79. The van der Waals surface area contributed by atoms with E-state index in [1.54, 1.807) is 0 Å². The molecule has 1 nitrogen and oxygen atoms in total. The Morgan fingerprint density at radius 2 is 1.48 bits per heavy atom. The van der Waals surface area contributed by atoms with Crippen molar-refractivity contribution in [3.8, 4) is 0 Å². The molecule has 1 N–H and O–H groups in total. The van der Waals surface area contributed by atoms with Crippen LogP contribution in [0.2, 0.25) is 0 Å². The fourth-order valence-electron chi connectivity index (χ4n) is 2.67. The van der Waals surface area contributed by atoms with E-state index < -0.39 is 0 Å². The van der Waals surface area contributed by atoms with Crippen molar-refractivity contribution in [2.45, 2.75) is 51.6 Å². The van der Waals surface area contributed by atoms with Crippen LogP contribution >= 0.6 is 0 Å². The number of benzene rings is 2. The second-order valence-corrected chi connectivity index (χ2v) is 5.74. The van der Waals surface area contributed by atoms with E-state index in [9.17, 15) is 5.11 Å². The van der Waals surface area contributed by atoms with E-state index in [4.69, 9.17) is 0 Å². The third kappa shape index (κ3) is 5.35. The molecule has 0 aliphatic carbocycles. The fraction of sp³-hybridized carbons (Fsp3) is 0.400. The normalized spacial score (nSPS) is 12.3. The maximum absolute atomic E-state index is 10.2. The summed E-state index contributed by atoms with van der Waals surface area (Å²) in [4.78, 5) is 0. The van der Waals surface area contributed by atoms with Gasteiger partial charge in [0.1, 0.15) is 0 Å². The molecule has 0 bridgehead atoms. The highest BCUT2D eigenvalue weighted by Crippen LogP contribution is 2.20. The van der Waals surface area contributed by atoms with E-state index in [2.05, 4.69) is 61.5 Å². The van der Waals surface area contributed by atoms with Gasteiger partial charge < -0.3 is 5.11 Å². The summed E-state index contributed by atoms with van der Waals surface area (Å²) in [7, 11) is 0. The molecule has 1 heteroatoms. The molecular weight excluding hydrogens is 256 g/mol. The van der Waals surface area contributed by atoms with Crippen LogP contribution in [0, 0.1) is 0 Å². The predicted octanol–water partition coefficient (Wildman–Crippen LogP) is 5.09. The Bertz CT molecular complexity index is 501. The Kier molecular flexibility index (Phi) is 6.49. The Labute approximate surface area is 128 Å². The molecule has 112 valence electrons. The van der Waals surface area contributed by atoms with Gasteiger partial charge in [0.05, 0.1) is 6.10 Å².